The van der Waals surface area contributed by atoms with Crippen LogP contribution in [-0.2, 0) is 17.8 Å². The van der Waals surface area contributed by atoms with Crippen molar-refractivity contribution in [1.29, 1.82) is 0 Å². The summed E-state index contributed by atoms with van der Waals surface area (Å²) in [5.74, 6) is 2.68. The molecule has 0 spiro atoms. The number of ether oxygens (including phenoxy) is 1. The van der Waals surface area contributed by atoms with Crippen LogP contribution in [0.1, 0.15) is 121 Å². The van der Waals surface area contributed by atoms with Crippen LogP contribution in [0.2, 0.25) is 0 Å². The van der Waals surface area contributed by atoms with Crippen LogP contribution in [0.3, 0.4) is 0 Å². The molecule has 33 heavy (non-hydrogen) atoms. The van der Waals surface area contributed by atoms with Gasteiger partial charge in [-0.25, -0.2) is 0 Å². The average Bonchev–Trinajstić information content (AvgIpc) is 2.87. The Bertz CT molecular complexity index is 646. The molecule has 1 aromatic carbocycles. The monoisotopic (exact) mass is 452 g/mol. The highest BCUT2D eigenvalue weighted by Crippen LogP contribution is 2.49. The molecule has 0 bridgehead atoms. The largest absolute Gasteiger partial charge is 0.377 e. The fraction of sp³-hybridized carbons (Fsp3) is 0.750. The summed E-state index contributed by atoms with van der Waals surface area (Å²) in [5.41, 5.74) is 3.44. The lowest BCUT2D eigenvalue weighted by atomic mass is 9.62. The summed E-state index contributed by atoms with van der Waals surface area (Å²) >= 11 is 0. The van der Waals surface area contributed by atoms with Crippen molar-refractivity contribution in [2.75, 3.05) is 6.61 Å². The van der Waals surface area contributed by atoms with Crippen LogP contribution in [0.25, 0.3) is 0 Å². The molecule has 0 N–H and O–H groups in total. The van der Waals surface area contributed by atoms with Gasteiger partial charge >= 0.3 is 0 Å². The standard InChI is InChI=1S/C32H52O/c1-4-7-11-24-33-26-29-14-12-28(13-15-29)20-23-32(21-9-8-10-22-32)25-30(6-3)31-18-16-27(5-2)17-19-31/h5,12-15,27,30-31H,2,4,6-11,16-26H2,1,3H3. The van der Waals surface area contributed by atoms with Crippen molar-refractivity contribution >= 4 is 0 Å². The molecule has 0 aliphatic heterocycles. The van der Waals surface area contributed by atoms with Gasteiger partial charge in [-0.05, 0) is 98.5 Å². The first kappa shape index (κ1) is 26.5. The second-order valence-corrected chi connectivity index (χ2v) is 11.4. The second kappa shape index (κ2) is 14.3. The third kappa shape index (κ3) is 8.57. The van der Waals surface area contributed by atoms with Crippen molar-refractivity contribution in [2.24, 2.45) is 23.2 Å². The SMILES string of the molecule is C=CC1CCC(C(CC)CC2(CCc3ccc(COCCCCC)cc3)CCCCC2)CC1. The van der Waals surface area contributed by atoms with Gasteiger partial charge in [-0.1, -0.05) is 82.7 Å². The molecule has 2 aliphatic carbocycles. The van der Waals surface area contributed by atoms with E-state index in [4.69, 9.17) is 4.74 Å². The maximum absolute atomic E-state index is 5.85. The Balaban J connectivity index is 1.52. The highest BCUT2D eigenvalue weighted by molar-refractivity contribution is 5.22. The van der Waals surface area contributed by atoms with Crippen molar-refractivity contribution in [2.45, 2.75) is 123 Å². The molecular weight excluding hydrogens is 400 g/mol. The molecule has 0 heterocycles. The number of unbranched alkanes of at least 4 members (excludes halogenated alkanes) is 2. The molecule has 0 saturated heterocycles. The minimum absolute atomic E-state index is 0.593. The van der Waals surface area contributed by atoms with Crippen molar-refractivity contribution in [3.05, 3.63) is 48.0 Å². The number of hydrogen-bond donors (Lipinski definition) is 0. The molecule has 3 rings (SSSR count). The molecule has 186 valence electrons. The third-order valence-electron chi connectivity index (χ3n) is 9.08. The zero-order valence-corrected chi connectivity index (χ0v) is 22.0. The van der Waals surface area contributed by atoms with E-state index in [-0.39, 0.29) is 0 Å². The van der Waals surface area contributed by atoms with Gasteiger partial charge in [0.1, 0.15) is 0 Å². The van der Waals surface area contributed by atoms with Crippen molar-refractivity contribution in [3.63, 3.8) is 0 Å². The summed E-state index contributed by atoms with van der Waals surface area (Å²) in [5, 5.41) is 0. The molecule has 1 aromatic rings. The van der Waals surface area contributed by atoms with Gasteiger partial charge in [0.25, 0.3) is 0 Å². The molecule has 2 saturated carbocycles. The number of rotatable bonds is 14. The summed E-state index contributed by atoms with van der Waals surface area (Å²) in [6.45, 7) is 10.4. The highest BCUT2D eigenvalue weighted by Gasteiger charge is 2.36. The van der Waals surface area contributed by atoms with E-state index in [1.165, 1.54) is 114 Å². The van der Waals surface area contributed by atoms with Gasteiger partial charge in [0, 0.05) is 6.61 Å². The fourth-order valence-corrected chi connectivity index (χ4v) is 6.77. The number of aryl methyl sites for hydroxylation is 1. The van der Waals surface area contributed by atoms with Crippen molar-refractivity contribution in [3.8, 4) is 0 Å². The Labute approximate surface area is 205 Å². The minimum atomic E-state index is 0.593. The normalized spacial score (nSPS) is 23.8. The second-order valence-electron chi connectivity index (χ2n) is 11.4. The van der Waals surface area contributed by atoms with E-state index in [9.17, 15) is 0 Å². The zero-order valence-electron chi connectivity index (χ0n) is 22.0. The molecule has 1 unspecified atom stereocenters. The van der Waals surface area contributed by atoms with Gasteiger partial charge in [-0.2, -0.15) is 0 Å². The van der Waals surface area contributed by atoms with Crippen LogP contribution in [0.5, 0.6) is 0 Å². The smallest absolute Gasteiger partial charge is 0.0716 e. The van der Waals surface area contributed by atoms with E-state index in [0.717, 1.165) is 31.0 Å². The number of benzene rings is 1. The summed E-state index contributed by atoms with van der Waals surface area (Å²) in [6, 6.07) is 9.34. The van der Waals surface area contributed by atoms with Gasteiger partial charge in [0.2, 0.25) is 0 Å². The van der Waals surface area contributed by atoms with E-state index >= 15 is 0 Å². The predicted molar refractivity (Wildman–Crippen MR) is 144 cm³/mol. The fourth-order valence-electron chi connectivity index (χ4n) is 6.77. The van der Waals surface area contributed by atoms with E-state index in [1.54, 1.807) is 0 Å². The predicted octanol–water partition coefficient (Wildman–Crippen LogP) is 9.69. The maximum Gasteiger partial charge on any atom is 0.0716 e. The first-order chi connectivity index (χ1) is 16.2. The Morgan fingerprint density at radius 2 is 1.67 bits per heavy atom. The zero-order chi connectivity index (χ0) is 23.4. The van der Waals surface area contributed by atoms with Crippen LogP contribution in [-0.4, -0.2) is 6.61 Å². The topological polar surface area (TPSA) is 9.23 Å². The molecule has 0 aromatic heterocycles. The van der Waals surface area contributed by atoms with Crippen molar-refractivity contribution < 1.29 is 4.74 Å². The lowest BCUT2D eigenvalue weighted by Crippen LogP contribution is -2.31. The Kier molecular flexibility index (Phi) is 11.5. The van der Waals surface area contributed by atoms with Crippen LogP contribution in [0, 0.1) is 23.2 Å². The van der Waals surface area contributed by atoms with E-state index < -0.39 is 0 Å². The first-order valence-electron chi connectivity index (χ1n) is 14.5. The minimum Gasteiger partial charge on any atom is -0.377 e. The maximum atomic E-state index is 5.85. The van der Waals surface area contributed by atoms with Crippen molar-refractivity contribution in [1.82, 2.24) is 0 Å². The molecule has 1 heteroatoms. The molecule has 0 amide bonds. The summed E-state index contributed by atoms with van der Waals surface area (Å²) in [6.07, 6.45) is 24.4. The Morgan fingerprint density at radius 1 is 0.970 bits per heavy atom. The Morgan fingerprint density at radius 3 is 2.30 bits per heavy atom. The van der Waals surface area contributed by atoms with Gasteiger partial charge in [0.05, 0.1) is 6.61 Å². The molecule has 1 nitrogen and oxygen atoms in total. The van der Waals surface area contributed by atoms with E-state index in [0.29, 0.717) is 5.41 Å². The quantitative estimate of drug-likeness (QED) is 0.201. The number of hydrogen-bond acceptors (Lipinski definition) is 1. The van der Waals surface area contributed by atoms with E-state index in [2.05, 4.69) is 50.8 Å². The lowest BCUT2D eigenvalue weighted by molar-refractivity contribution is 0.0892. The molecule has 0 radical (unpaired) electrons. The van der Waals surface area contributed by atoms with E-state index in [1.807, 2.05) is 0 Å². The molecule has 2 fully saturated rings. The van der Waals surface area contributed by atoms with Crippen LogP contribution < -0.4 is 0 Å². The average molecular weight is 453 g/mol. The highest BCUT2D eigenvalue weighted by atomic mass is 16.5. The number of allylic oxidation sites excluding steroid dienone is 1. The molecule has 2 aliphatic rings. The van der Waals surface area contributed by atoms with Crippen LogP contribution >= 0.6 is 0 Å². The summed E-state index contributed by atoms with van der Waals surface area (Å²) in [4.78, 5) is 0. The van der Waals surface area contributed by atoms with Gasteiger partial charge in [0.15, 0.2) is 0 Å². The molecular formula is C32H52O. The first-order valence-corrected chi connectivity index (χ1v) is 14.5. The third-order valence-corrected chi connectivity index (χ3v) is 9.08. The summed E-state index contributed by atoms with van der Waals surface area (Å²) < 4.78 is 5.85. The van der Waals surface area contributed by atoms with Gasteiger partial charge < -0.3 is 4.74 Å². The van der Waals surface area contributed by atoms with Gasteiger partial charge in [-0.3, -0.25) is 0 Å². The Hall–Kier alpha value is -1.08. The van der Waals surface area contributed by atoms with Gasteiger partial charge in [-0.15, -0.1) is 6.58 Å². The van der Waals surface area contributed by atoms with Crippen LogP contribution in [0.15, 0.2) is 36.9 Å². The molecule has 1 atom stereocenters. The lowest BCUT2D eigenvalue weighted by Gasteiger charge is -2.43. The van der Waals surface area contributed by atoms with Crippen LogP contribution in [0.4, 0.5) is 0 Å². The summed E-state index contributed by atoms with van der Waals surface area (Å²) in [7, 11) is 0.